The van der Waals surface area contributed by atoms with Crippen LogP contribution >= 0.6 is 0 Å². The Hall–Kier alpha value is -2.22. The lowest BCUT2D eigenvalue weighted by Gasteiger charge is -2.20. The van der Waals surface area contributed by atoms with Gasteiger partial charge in [-0.05, 0) is 25.3 Å². The van der Waals surface area contributed by atoms with Gasteiger partial charge in [0.25, 0.3) is 0 Å². The summed E-state index contributed by atoms with van der Waals surface area (Å²) >= 11 is 0. The molecule has 3 heterocycles. The number of carbonyl (C=O) groups is 1. The number of aliphatic hydroxyl groups excluding tert-OH is 1. The van der Waals surface area contributed by atoms with Gasteiger partial charge < -0.3 is 10.0 Å². The minimum atomic E-state index is -0.531. The summed E-state index contributed by atoms with van der Waals surface area (Å²) in [5.41, 5.74) is 1.70. The molecular weight excluding hydrogens is 308 g/mol. The van der Waals surface area contributed by atoms with E-state index in [-0.39, 0.29) is 5.91 Å². The van der Waals surface area contributed by atoms with Crippen molar-refractivity contribution in [3.63, 3.8) is 0 Å². The van der Waals surface area contributed by atoms with Crippen LogP contribution in [0.2, 0.25) is 0 Å². The Balaban J connectivity index is 1.58. The van der Waals surface area contributed by atoms with Gasteiger partial charge in [0.2, 0.25) is 5.91 Å². The summed E-state index contributed by atoms with van der Waals surface area (Å²) in [7, 11) is 0. The number of hydrogen-bond acceptors (Lipinski definition) is 5. The van der Waals surface area contributed by atoms with Crippen molar-refractivity contribution in [2.75, 3.05) is 6.54 Å². The maximum absolute atomic E-state index is 12.5. The van der Waals surface area contributed by atoms with Gasteiger partial charge in [0, 0.05) is 26.1 Å². The van der Waals surface area contributed by atoms with E-state index in [0.29, 0.717) is 31.6 Å². The number of aliphatic hydroxyl groups is 1. The van der Waals surface area contributed by atoms with E-state index >= 15 is 0 Å². The minimum Gasteiger partial charge on any atom is -0.387 e. The zero-order chi connectivity index (χ0) is 16.9. The van der Waals surface area contributed by atoms with Crippen LogP contribution < -0.4 is 0 Å². The first-order valence-electron chi connectivity index (χ1n) is 8.52. The zero-order valence-electron chi connectivity index (χ0n) is 14.0. The van der Waals surface area contributed by atoms with Crippen LogP contribution in [0.15, 0.2) is 18.7 Å². The zero-order valence-corrected chi connectivity index (χ0v) is 14.0. The number of fused-ring (bicyclic) bond motifs is 1. The fourth-order valence-corrected chi connectivity index (χ4v) is 2.97. The molecule has 0 radical (unpaired) electrons. The third-order valence-corrected chi connectivity index (χ3v) is 4.36. The van der Waals surface area contributed by atoms with Gasteiger partial charge in [-0.25, -0.2) is 4.98 Å². The molecule has 1 N–H and O–H groups in total. The SMILES string of the molecule is CC[C@H](O)c1cc2n(n1)CCCN(C(=O)CCCn1cncn1)C2. The first kappa shape index (κ1) is 16.6. The highest BCUT2D eigenvalue weighted by Gasteiger charge is 2.21. The van der Waals surface area contributed by atoms with Gasteiger partial charge in [-0.1, -0.05) is 6.92 Å². The van der Waals surface area contributed by atoms with Crippen molar-refractivity contribution in [2.45, 2.75) is 58.3 Å². The maximum Gasteiger partial charge on any atom is 0.222 e. The minimum absolute atomic E-state index is 0.155. The second kappa shape index (κ2) is 7.57. The highest BCUT2D eigenvalue weighted by molar-refractivity contribution is 5.76. The van der Waals surface area contributed by atoms with Gasteiger partial charge in [0.15, 0.2) is 0 Å². The highest BCUT2D eigenvalue weighted by atomic mass is 16.3. The number of hydrogen-bond donors (Lipinski definition) is 1. The number of nitrogens with zero attached hydrogens (tertiary/aromatic N) is 6. The molecule has 1 atom stereocenters. The van der Waals surface area contributed by atoms with Crippen molar-refractivity contribution < 1.29 is 9.90 Å². The summed E-state index contributed by atoms with van der Waals surface area (Å²) in [5.74, 6) is 0.155. The van der Waals surface area contributed by atoms with Crippen molar-refractivity contribution in [1.29, 1.82) is 0 Å². The second-order valence-corrected chi connectivity index (χ2v) is 6.14. The Bertz CT molecular complexity index is 666. The summed E-state index contributed by atoms with van der Waals surface area (Å²) in [4.78, 5) is 18.3. The molecule has 130 valence electrons. The smallest absolute Gasteiger partial charge is 0.222 e. The Kier molecular flexibility index (Phi) is 5.24. The summed E-state index contributed by atoms with van der Waals surface area (Å²) in [6.45, 7) is 4.72. The third kappa shape index (κ3) is 3.81. The van der Waals surface area contributed by atoms with Gasteiger partial charge in [-0.2, -0.15) is 10.2 Å². The lowest BCUT2D eigenvalue weighted by Crippen LogP contribution is -2.30. The van der Waals surface area contributed by atoms with Crippen molar-refractivity contribution in [2.24, 2.45) is 0 Å². The Morgan fingerprint density at radius 3 is 3.04 bits per heavy atom. The van der Waals surface area contributed by atoms with Gasteiger partial charge in [0.1, 0.15) is 12.7 Å². The van der Waals surface area contributed by atoms with Crippen molar-refractivity contribution in [1.82, 2.24) is 29.4 Å². The van der Waals surface area contributed by atoms with E-state index in [1.807, 2.05) is 22.6 Å². The van der Waals surface area contributed by atoms with Crippen LogP contribution in [0.5, 0.6) is 0 Å². The monoisotopic (exact) mass is 332 g/mol. The molecule has 0 fully saturated rings. The molecule has 0 unspecified atom stereocenters. The largest absolute Gasteiger partial charge is 0.387 e. The highest BCUT2D eigenvalue weighted by Crippen LogP contribution is 2.20. The van der Waals surface area contributed by atoms with Crippen LogP contribution in [0.3, 0.4) is 0 Å². The second-order valence-electron chi connectivity index (χ2n) is 6.14. The van der Waals surface area contributed by atoms with Crippen LogP contribution in [0.4, 0.5) is 0 Å². The van der Waals surface area contributed by atoms with E-state index in [0.717, 1.165) is 31.6 Å². The van der Waals surface area contributed by atoms with E-state index in [1.165, 1.54) is 6.33 Å². The molecule has 3 rings (SSSR count). The lowest BCUT2D eigenvalue weighted by atomic mass is 10.2. The van der Waals surface area contributed by atoms with Crippen molar-refractivity contribution in [3.8, 4) is 0 Å². The van der Waals surface area contributed by atoms with Crippen LogP contribution in [-0.2, 0) is 24.4 Å². The van der Waals surface area contributed by atoms with E-state index in [4.69, 9.17) is 0 Å². The molecular formula is C16H24N6O2. The average Bonchev–Trinajstić information content (AvgIpc) is 3.19. The molecule has 8 nitrogen and oxygen atoms in total. The Morgan fingerprint density at radius 2 is 2.29 bits per heavy atom. The number of aromatic nitrogens is 5. The normalized spacial score (nSPS) is 15.8. The molecule has 2 aromatic rings. The molecule has 0 aromatic carbocycles. The van der Waals surface area contributed by atoms with E-state index in [9.17, 15) is 9.90 Å². The van der Waals surface area contributed by atoms with E-state index in [1.54, 1.807) is 11.0 Å². The fraction of sp³-hybridized carbons (Fsp3) is 0.625. The average molecular weight is 332 g/mol. The molecule has 1 amide bonds. The molecule has 1 aliphatic heterocycles. The first-order chi connectivity index (χ1) is 11.7. The number of aryl methyl sites for hydroxylation is 2. The lowest BCUT2D eigenvalue weighted by molar-refractivity contribution is -0.132. The summed E-state index contributed by atoms with van der Waals surface area (Å²) in [6, 6.07) is 1.93. The number of carbonyl (C=O) groups excluding carboxylic acids is 1. The van der Waals surface area contributed by atoms with E-state index < -0.39 is 6.10 Å². The summed E-state index contributed by atoms with van der Waals surface area (Å²) in [6.07, 6.45) is 5.40. The van der Waals surface area contributed by atoms with Crippen molar-refractivity contribution in [3.05, 3.63) is 30.1 Å². The predicted octanol–water partition coefficient (Wildman–Crippen LogP) is 1.13. The number of amides is 1. The van der Waals surface area contributed by atoms with Crippen LogP contribution in [0.25, 0.3) is 0 Å². The van der Waals surface area contributed by atoms with Gasteiger partial charge in [0.05, 0.1) is 24.0 Å². The summed E-state index contributed by atoms with van der Waals surface area (Å²) in [5, 5.41) is 18.5. The molecule has 0 saturated carbocycles. The van der Waals surface area contributed by atoms with Gasteiger partial charge in [-0.3, -0.25) is 14.2 Å². The molecule has 2 aromatic heterocycles. The summed E-state index contributed by atoms with van der Waals surface area (Å²) < 4.78 is 3.67. The molecule has 0 saturated heterocycles. The molecule has 24 heavy (non-hydrogen) atoms. The Labute approximate surface area is 141 Å². The fourth-order valence-electron chi connectivity index (χ4n) is 2.97. The first-order valence-corrected chi connectivity index (χ1v) is 8.52. The van der Waals surface area contributed by atoms with Crippen LogP contribution in [0.1, 0.15) is 50.1 Å². The van der Waals surface area contributed by atoms with Gasteiger partial charge >= 0.3 is 0 Å². The quantitative estimate of drug-likeness (QED) is 0.856. The third-order valence-electron chi connectivity index (χ3n) is 4.36. The molecule has 0 spiro atoms. The maximum atomic E-state index is 12.5. The predicted molar refractivity (Wildman–Crippen MR) is 86.8 cm³/mol. The molecule has 0 aliphatic carbocycles. The standard InChI is InChI=1S/C16H24N6O2/c1-2-15(23)14-9-13-10-20(6-4-8-22(13)19-14)16(24)5-3-7-21-12-17-11-18-21/h9,11-12,15,23H,2-8,10H2,1H3/t15-/m0/s1. The molecule has 0 bridgehead atoms. The van der Waals surface area contributed by atoms with Gasteiger partial charge in [-0.15, -0.1) is 0 Å². The van der Waals surface area contributed by atoms with Crippen LogP contribution in [-0.4, -0.2) is 47.0 Å². The van der Waals surface area contributed by atoms with Crippen molar-refractivity contribution >= 4 is 5.91 Å². The molecule has 8 heteroatoms. The number of rotatable bonds is 6. The Morgan fingerprint density at radius 1 is 1.42 bits per heavy atom. The topological polar surface area (TPSA) is 89.1 Å². The van der Waals surface area contributed by atoms with E-state index in [2.05, 4.69) is 15.2 Å². The molecule has 1 aliphatic rings. The van der Waals surface area contributed by atoms with Crippen LogP contribution in [0, 0.1) is 0 Å².